The zero-order valence-electron chi connectivity index (χ0n) is 8.98. The molecule has 0 aliphatic heterocycles. The molecule has 3 heteroatoms. The Morgan fingerprint density at radius 3 is 3.13 bits per heavy atom. The Hall–Kier alpha value is -0.120. The first kappa shape index (κ1) is 11.4. The standard InChI is InChI=1S/C12H16BrNS/c1-8(13)7-14-9(2)12-6-10-4-3-5-11(10)15-12/h6,9,14H,1,3-5,7H2,2H3. The summed E-state index contributed by atoms with van der Waals surface area (Å²) in [7, 11) is 0. The van der Waals surface area contributed by atoms with Gasteiger partial charge >= 0.3 is 0 Å². The lowest BCUT2D eigenvalue weighted by Crippen LogP contribution is -2.18. The van der Waals surface area contributed by atoms with Crippen LogP contribution < -0.4 is 5.32 Å². The molecule has 0 saturated carbocycles. The topological polar surface area (TPSA) is 12.0 Å². The highest BCUT2D eigenvalue weighted by molar-refractivity contribution is 9.11. The molecule has 0 aromatic carbocycles. The van der Waals surface area contributed by atoms with Crippen LogP contribution in [-0.4, -0.2) is 6.54 Å². The maximum Gasteiger partial charge on any atom is 0.0389 e. The van der Waals surface area contributed by atoms with Crippen molar-refractivity contribution < 1.29 is 0 Å². The highest BCUT2D eigenvalue weighted by Gasteiger charge is 2.17. The number of aryl methyl sites for hydroxylation is 2. The molecular formula is C12H16BrNS. The normalized spacial score (nSPS) is 16.4. The van der Waals surface area contributed by atoms with Gasteiger partial charge in [-0.1, -0.05) is 22.5 Å². The number of fused-ring (bicyclic) bond motifs is 1. The third-order valence-electron chi connectivity index (χ3n) is 2.79. The van der Waals surface area contributed by atoms with Crippen LogP contribution in [0.4, 0.5) is 0 Å². The Balaban J connectivity index is 1.99. The molecule has 1 nitrogen and oxygen atoms in total. The fourth-order valence-electron chi connectivity index (χ4n) is 1.93. The van der Waals surface area contributed by atoms with E-state index in [9.17, 15) is 0 Å². The second-order valence-corrected chi connectivity index (χ2v) is 6.36. The van der Waals surface area contributed by atoms with E-state index in [2.05, 4.69) is 40.8 Å². The maximum absolute atomic E-state index is 3.83. The molecule has 0 radical (unpaired) electrons. The molecule has 0 saturated heterocycles. The Kier molecular flexibility index (Phi) is 3.65. The molecule has 1 heterocycles. The van der Waals surface area contributed by atoms with Gasteiger partial charge in [0.15, 0.2) is 0 Å². The third-order valence-corrected chi connectivity index (χ3v) is 4.49. The average Bonchev–Trinajstić information content (AvgIpc) is 2.72. The second kappa shape index (κ2) is 4.81. The second-order valence-electron chi connectivity index (χ2n) is 4.07. The number of nitrogens with one attached hydrogen (secondary N) is 1. The lowest BCUT2D eigenvalue weighted by atomic mass is 10.2. The molecule has 1 atom stereocenters. The Bertz CT molecular complexity index is 348. The summed E-state index contributed by atoms with van der Waals surface area (Å²) in [5.41, 5.74) is 1.58. The molecule has 1 aromatic rings. The number of thiophene rings is 1. The van der Waals surface area contributed by atoms with Crippen molar-refractivity contribution in [1.82, 2.24) is 5.32 Å². The smallest absolute Gasteiger partial charge is 0.0389 e. The number of halogens is 1. The van der Waals surface area contributed by atoms with Crippen molar-refractivity contribution >= 4 is 27.3 Å². The summed E-state index contributed by atoms with van der Waals surface area (Å²) in [6.45, 7) is 6.88. The van der Waals surface area contributed by atoms with E-state index in [1.165, 1.54) is 24.1 Å². The van der Waals surface area contributed by atoms with Gasteiger partial charge < -0.3 is 5.32 Å². The fourth-order valence-corrected chi connectivity index (χ4v) is 3.38. The van der Waals surface area contributed by atoms with Crippen molar-refractivity contribution in [2.75, 3.05) is 6.54 Å². The van der Waals surface area contributed by atoms with Crippen molar-refractivity contribution in [2.24, 2.45) is 0 Å². The molecule has 0 spiro atoms. The molecule has 82 valence electrons. The molecule has 1 aliphatic carbocycles. The van der Waals surface area contributed by atoms with Crippen LogP contribution in [0.25, 0.3) is 0 Å². The van der Waals surface area contributed by atoms with E-state index in [4.69, 9.17) is 0 Å². The Morgan fingerprint density at radius 2 is 2.47 bits per heavy atom. The van der Waals surface area contributed by atoms with E-state index in [1.54, 1.807) is 10.4 Å². The molecule has 1 aromatic heterocycles. The number of hydrogen-bond acceptors (Lipinski definition) is 2. The van der Waals surface area contributed by atoms with E-state index in [1.807, 2.05) is 11.3 Å². The minimum absolute atomic E-state index is 0.440. The predicted molar refractivity (Wildman–Crippen MR) is 70.8 cm³/mol. The summed E-state index contributed by atoms with van der Waals surface area (Å²) in [6.07, 6.45) is 3.92. The van der Waals surface area contributed by atoms with Crippen molar-refractivity contribution in [2.45, 2.75) is 32.2 Å². The van der Waals surface area contributed by atoms with Gasteiger partial charge in [0.05, 0.1) is 0 Å². The minimum atomic E-state index is 0.440. The summed E-state index contributed by atoms with van der Waals surface area (Å²) in [6, 6.07) is 2.82. The first-order chi connectivity index (χ1) is 7.16. The van der Waals surface area contributed by atoms with Gasteiger partial charge in [-0.15, -0.1) is 11.3 Å². The largest absolute Gasteiger partial charge is 0.305 e. The minimum Gasteiger partial charge on any atom is -0.305 e. The molecule has 0 bridgehead atoms. The van der Waals surface area contributed by atoms with Crippen LogP contribution in [0.1, 0.15) is 34.7 Å². The van der Waals surface area contributed by atoms with Gasteiger partial charge in [-0.05, 0) is 37.8 Å². The van der Waals surface area contributed by atoms with Crippen molar-refractivity contribution in [3.63, 3.8) is 0 Å². The van der Waals surface area contributed by atoms with Crippen molar-refractivity contribution in [3.8, 4) is 0 Å². The Morgan fingerprint density at radius 1 is 1.67 bits per heavy atom. The molecule has 15 heavy (non-hydrogen) atoms. The first-order valence-electron chi connectivity index (χ1n) is 5.35. The quantitative estimate of drug-likeness (QED) is 0.888. The number of hydrogen-bond donors (Lipinski definition) is 1. The van der Waals surface area contributed by atoms with Gasteiger partial charge in [0.2, 0.25) is 0 Å². The lowest BCUT2D eigenvalue weighted by Gasteiger charge is -2.11. The zero-order chi connectivity index (χ0) is 10.8. The molecule has 1 N–H and O–H groups in total. The SMILES string of the molecule is C=C(Br)CNC(C)c1cc2c(s1)CCC2. The van der Waals surface area contributed by atoms with Gasteiger partial charge in [-0.2, -0.15) is 0 Å². The van der Waals surface area contributed by atoms with Crippen LogP contribution in [-0.2, 0) is 12.8 Å². The van der Waals surface area contributed by atoms with Crippen molar-refractivity contribution in [3.05, 3.63) is 32.4 Å². The van der Waals surface area contributed by atoms with Crippen LogP contribution in [0, 0.1) is 0 Å². The predicted octanol–water partition coefficient (Wildman–Crippen LogP) is 3.80. The lowest BCUT2D eigenvalue weighted by molar-refractivity contribution is 0.625. The highest BCUT2D eigenvalue weighted by Crippen LogP contribution is 2.33. The van der Waals surface area contributed by atoms with Crippen molar-refractivity contribution in [1.29, 1.82) is 0 Å². The van der Waals surface area contributed by atoms with Crippen LogP contribution >= 0.6 is 27.3 Å². The van der Waals surface area contributed by atoms with Crippen LogP contribution in [0.3, 0.4) is 0 Å². The van der Waals surface area contributed by atoms with Crippen LogP contribution in [0.15, 0.2) is 17.1 Å². The molecule has 2 rings (SSSR count). The monoisotopic (exact) mass is 285 g/mol. The molecule has 0 fully saturated rings. The zero-order valence-corrected chi connectivity index (χ0v) is 11.4. The summed E-state index contributed by atoms with van der Waals surface area (Å²) in [5, 5.41) is 3.45. The van der Waals surface area contributed by atoms with E-state index in [-0.39, 0.29) is 0 Å². The summed E-state index contributed by atoms with van der Waals surface area (Å²) < 4.78 is 1.01. The summed E-state index contributed by atoms with van der Waals surface area (Å²) >= 11 is 5.34. The first-order valence-corrected chi connectivity index (χ1v) is 6.96. The van der Waals surface area contributed by atoms with Gasteiger partial charge in [0.1, 0.15) is 0 Å². The maximum atomic E-state index is 3.83. The van der Waals surface area contributed by atoms with Gasteiger partial charge in [0.25, 0.3) is 0 Å². The van der Waals surface area contributed by atoms with Crippen LogP contribution in [0.2, 0.25) is 0 Å². The third kappa shape index (κ3) is 2.71. The van der Waals surface area contributed by atoms with E-state index >= 15 is 0 Å². The summed E-state index contributed by atoms with van der Waals surface area (Å²) in [4.78, 5) is 3.07. The fraction of sp³-hybridized carbons (Fsp3) is 0.500. The molecule has 0 amide bonds. The van der Waals surface area contributed by atoms with Gasteiger partial charge in [0, 0.05) is 26.8 Å². The molecular weight excluding hydrogens is 270 g/mol. The highest BCUT2D eigenvalue weighted by atomic mass is 79.9. The van der Waals surface area contributed by atoms with Crippen LogP contribution in [0.5, 0.6) is 0 Å². The van der Waals surface area contributed by atoms with Gasteiger partial charge in [-0.25, -0.2) is 0 Å². The van der Waals surface area contributed by atoms with E-state index in [0.29, 0.717) is 6.04 Å². The summed E-state index contributed by atoms with van der Waals surface area (Å²) in [5.74, 6) is 0. The molecule has 1 aliphatic rings. The number of rotatable bonds is 4. The average molecular weight is 286 g/mol. The van der Waals surface area contributed by atoms with E-state index < -0.39 is 0 Å². The van der Waals surface area contributed by atoms with E-state index in [0.717, 1.165) is 11.0 Å². The molecule has 1 unspecified atom stereocenters. The Labute approximate surface area is 104 Å². The van der Waals surface area contributed by atoms with Gasteiger partial charge in [-0.3, -0.25) is 0 Å².